The molecule has 0 unspecified atom stereocenters. The Morgan fingerprint density at radius 3 is 2.62 bits per heavy atom. The molecule has 88 valence electrons. The lowest BCUT2D eigenvalue weighted by atomic mass is 10.2. The number of aldehydes is 1. The number of rotatable bonds is 6. The maximum Gasteiger partial charge on any atom is 0.133 e. The van der Waals surface area contributed by atoms with Gasteiger partial charge in [0.2, 0.25) is 0 Å². The van der Waals surface area contributed by atoms with Gasteiger partial charge in [-0.25, -0.2) is 0 Å². The molecule has 0 N–H and O–H groups in total. The summed E-state index contributed by atoms with van der Waals surface area (Å²) in [5.41, 5.74) is 1.01. The van der Waals surface area contributed by atoms with Crippen molar-refractivity contribution in [2.75, 3.05) is 27.8 Å². The molecular weight excluding hydrogens is 206 g/mol. The smallest absolute Gasteiger partial charge is 0.133 e. The largest absolute Gasteiger partial charge is 0.497 e. The van der Waals surface area contributed by atoms with Gasteiger partial charge in [0.05, 0.1) is 20.8 Å². The van der Waals surface area contributed by atoms with Crippen LogP contribution in [-0.4, -0.2) is 39.0 Å². The van der Waals surface area contributed by atoms with Crippen molar-refractivity contribution < 1.29 is 14.3 Å². The van der Waals surface area contributed by atoms with Gasteiger partial charge in [0, 0.05) is 12.1 Å². The zero-order chi connectivity index (χ0) is 12.0. The van der Waals surface area contributed by atoms with Gasteiger partial charge in [-0.15, -0.1) is 0 Å². The third-order valence-electron chi connectivity index (χ3n) is 2.31. The molecule has 0 saturated heterocycles. The number of hydrogen-bond acceptors (Lipinski definition) is 4. The second kappa shape index (κ2) is 6.12. The van der Waals surface area contributed by atoms with Crippen LogP contribution in [0.25, 0.3) is 0 Å². The highest BCUT2D eigenvalue weighted by Gasteiger charge is 2.07. The number of benzene rings is 1. The molecule has 1 aromatic carbocycles. The Kier molecular flexibility index (Phi) is 4.79. The highest BCUT2D eigenvalue weighted by atomic mass is 16.5. The Morgan fingerprint density at radius 2 is 2.06 bits per heavy atom. The van der Waals surface area contributed by atoms with Gasteiger partial charge in [0.15, 0.2) is 0 Å². The molecular formula is C12H17NO3. The van der Waals surface area contributed by atoms with Crippen LogP contribution in [0, 0.1) is 0 Å². The van der Waals surface area contributed by atoms with E-state index in [2.05, 4.69) is 0 Å². The molecule has 1 aromatic rings. The van der Waals surface area contributed by atoms with Crippen molar-refractivity contribution >= 4 is 6.29 Å². The van der Waals surface area contributed by atoms with Gasteiger partial charge < -0.3 is 14.3 Å². The lowest BCUT2D eigenvalue weighted by Gasteiger charge is -2.16. The normalized spacial score (nSPS) is 10.2. The topological polar surface area (TPSA) is 38.8 Å². The molecule has 0 heterocycles. The first-order valence-electron chi connectivity index (χ1n) is 5.04. The summed E-state index contributed by atoms with van der Waals surface area (Å²) in [4.78, 5) is 12.3. The van der Waals surface area contributed by atoms with Crippen LogP contribution in [-0.2, 0) is 11.3 Å². The number of hydrogen-bond donors (Lipinski definition) is 0. The van der Waals surface area contributed by atoms with Crippen LogP contribution >= 0.6 is 0 Å². The Balaban J connectivity index is 2.86. The molecule has 0 atom stereocenters. The van der Waals surface area contributed by atoms with E-state index in [0.717, 1.165) is 23.3 Å². The van der Waals surface area contributed by atoms with Crippen LogP contribution in [0.4, 0.5) is 0 Å². The predicted molar refractivity (Wildman–Crippen MR) is 61.9 cm³/mol. The average molecular weight is 223 g/mol. The van der Waals surface area contributed by atoms with E-state index in [9.17, 15) is 4.79 Å². The zero-order valence-corrected chi connectivity index (χ0v) is 9.90. The number of ether oxygens (including phenoxy) is 2. The highest BCUT2D eigenvalue weighted by Crippen LogP contribution is 2.24. The second-order valence-electron chi connectivity index (χ2n) is 3.54. The minimum Gasteiger partial charge on any atom is -0.497 e. The van der Waals surface area contributed by atoms with Gasteiger partial charge >= 0.3 is 0 Å². The molecule has 0 aliphatic carbocycles. The Bertz CT molecular complexity index is 352. The van der Waals surface area contributed by atoms with Crippen LogP contribution in [0.3, 0.4) is 0 Å². The Hall–Kier alpha value is -1.55. The molecule has 0 aliphatic heterocycles. The van der Waals surface area contributed by atoms with Crippen LogP contribution in [0.2, 0.25) is 0 Å². The molecule has 0 aliphatic rings. The van der Waals surface area contributed by atoms with Gasteiger partial charge in [-0.2, -0.15) is 0 Å². The monoisotopic (exact) mass is 223 g/mol. The summed E-state index contributed by atoms with van der Waals surface area (Å²) >= 11 is 0. The number of methoxy groups -OCH3 is 2. The minimum atomic E-state index is 0.403. The van der Waals surface area contributed by atoms with Gasteiger partial charge in [-0.05, 0) is 25.2 Å². The first-order valence-corrected chi connectivity index (χ1v) is 5.04. The number of carbonyl (C=O) groups is 1. The first-order chi connectivity index (χ1) is 7.71. The zero-order valence-electron chi connectivity index (χ0n) is 9.90. The second-order valence-corrected chi connectivity index (χ2v) is 3.54. The highest BCUT2D eigenvalue weighted by molar-refractivity contribution is 5.52. The van der Waals surface area contributed by atoms with Crippen LogP contribution in [0.15, 0.2) is 18.2 Å². The molecule has 0 bridgehead atoms. The van der Waals surface area contributed by atoms with Crippen molar-refractivity contribution in [2.45, 2.75) is 6.54 Å². The SMILES string of the molecule is COc1ccc(OC)c(CN(C)CC=O)c1. The Labute approximate surface area is 95.8 Å². The van der Waals surface area contributed by atoms with E-state index in [4.69, 9.17) is 9.47 Å². The van der Waals surface area contributed by atoms with E-state index in [0.29, 0.717) is 13.1 Å². The molecule has 1 rings (SSSR count). The lowest BCUT2D eigenvalue weighted by molar-refractivity contribution is -0.108. The molecule has 4 nitrogen and oxygen atoms in total. The first kappa shape index (κ1) is 12.5. The maximum atomic E-state index is 10.4. The molecule has 0 aromatic heterocycles. The number of nitrogens with zero attached hydrogens (tertiary/aromatic N) is 1. The fourth-order valence-electron chi connectivity index (χ4n) is 1.49. The van der Waals surface area contributed by atoms with Crippen molar-refractivity contribution in [1.82, 2.24) is 4.90 Å². The van der Waals surface area contributed by atoms with E-state index >= 15 is 0 Å². The summed E-state index contributed by atoms with van der Waals surface area (Å²) in [7, 11) is 5.14. The van der Waals surface area contributed by atoms with E-state index in [1.165, 1.54) is 0 Å². The van der Waals surface area contributed by atoms with Crippen LogP contribution in [0.5, 0.6) is 11.5 Å². The van der Waals surface area contributed by atoms with E-state index in [-0.39, 0.29) is 0 Å². The summed E-state index contributed by atoms with van der Waals surface area (Å²) < 4.78 is 10.4. The van der Waals surface area contributed by atoms with Crippen molar-refractivity contribution in [3.63, 3.8) is 0 Å². The Morgan fingerprint density at radius 1 is 1.31 bits per heavy atom. The lowest BCUT2D eigenvalue weighted by Crippen LogP contribution is -2.20. The van der Waals surface area contributed by atoms with Crippen molar-refractivity contribution in [3.8, 4) is 11.5 Å². The van der Waals surface area contributed by atoms with Crippen molar-refractivity contribution in [2.24, 2.45) is 0 Å². The molecule has 0 radical (unpaired) electrons. The van der Waals surface area contributed by atoms with Gasteiger partial charge in [-0.1, -0.05) is 0 Å². The number of likely N-dealkylation sites (N-methyl/N-ethyl adjacent to an activating group) is 1. The van der Waals surface area contributed by atoms with Crippen molar-refractivity contribution in [1.29, 1.82) is 0 Å². The summed E-state index contributed by atoms with van der Waals surface area (Å²) in [6, 6.07) is 5.63. The van der Waals surface area contributed by atoms with E-state index in [1.807, 2.05) is 30.1 Å². The third-order valence-corrected chi connectivity index (χ3v) is 2.31. The minimum absolute atomic E-state index is 0.403. The van der Waals surface area contributed by atoms with E-state index < -0.39 is 0 Å². The summed E-state index contributed by atoms with van der Waals surface area (Å²) in [5, 5.41) is 0. The van der Waals surface area contributed by atoms with Crippen molar-refractivity contribution in [3.05, 3.63) is 23.8 Å². The van der Waals surface area contributed by atoms with Crippen LogP contribution < -0.4 is 9.47 Å². The fourth-order valence-corrected chi connectivity index (χ4v) is 1.49. The summed E-state index contributed by atoms with van der Waals surface area (Å²) in [6.45, 7) is 1.06. The molecule has 4 heteroatoms. The fraction of sp³-hybridized carbons (Fsp3) is 0.417. The molecule has 0 spiro atoms. The van der Waals surface area contributed by atoms with Gasteiger partial charge in [0.1, 0.15) is 17.8 Å². The van der Waals surface area contributed by atoms with Gasteiger partial charge in [0.25, 0.3) is 0 Å². The van der Waals surface area contributed by atoms with Gasteiger partial charge in [-0.3, -0.25) is 4.90 Å². The standard InChI is InChI=1S/C12H17NO3/c1-13(6-7-14)9-10-8-11(15-2)4-5-12(10)16-3/h4-5,7-8H,6,9H2,1-3H3. The predicted octanol–water partition coefficient (Wildman–Crippen LogP) is 1.33. The quantitative estimate of drug-likeness (QED) is 0.682. The summed E-state index contributed by atoms with van der Waals surface area (Å²) in [6.07, 6.45) is 0.882. The average Bonchev–Trinajstić information content (AvgIpc) is 2.29. The number of carbonyl (C=O) groups excluding carboxylic acids is 1. The van der Waals surface area contributed by atoms with E-state index in [1.54, 1.807) is 14.2 Å². The van der Waals surface area contributed by atoms with Crippen LogP contribution in [0.1, 0.15) is 5.56 Å². The maximum absolute atomic E-state index is 10.4. The molecule has 0 fully saturated rings. The molecule has 0 amide bonds. The third kappa shape index (κ3) is 3.24. The summed E-state index contributed by atoms with van der Waals surface area (Å²) in [5.74, 6) is 1.59. The molecule has 16 heavy (non-hydrogen) atoms. The molecule has 0 saturated carbocycles.